The average molecular weight is 249 g/mol. The van der Waals surface area contributed by atoms with Gasteiger partial charge in [0.05, 0.1) is 5.92 Å². The van der Waals surface area contributed by atoms with E-state index in [2.05, 4.69) is 6.92 Å². The van der Waals surface area contributed by atoms with Crippen LogP contribution in [-0.4, -0.2) is 35.5 Å². The summed E-state index contributed by atoms with van der Waals surface area (Å²) in [5.74, 6) is -1.60. The van der Waals surface area contributed by atoms with Crippen molar-refractivity contribution in [2.75, 3.05) is 13.6 Å². The topological polar surface area (TPSA) is 57.6 Å². The minimum atomic E-state index is -0.893. The van der Waals surface area contributed by atoms with Crippen molar-refractivity contribution in [3.63, 3.8) is 0 Å². The van der Waals surface area contributed by atoms with E-state index in [9.17, 15) is 9.59 Å². The molecule has 98 valence electrons. The van der Waals surface area contributed by atoms with Crippen LogP contribution in [0.15, 0.2) is 24.3 Å². The largest absolute Gasteiger partial charge is 0.481 e. The summed E-state index contributed by atoms with van der Waals surface area (Å²) < 4.78 is 0. The SMILES string of the molecule is CCc1ccc(C(=O)N(C)CC(C)C(=O)O)cc1. The number of aryl methyl sites for hydroxylation is 1. The minimum absolute atomic E-state index is 0.147. The van der Waals surface area contributed by atoms with Crippen LogP contribution < -0.4 is 0 Å². The molecule has 0 saturated heterocycles. The van der Waals surface area contributed by atoms with Crippen molar-refractivity contribution < 1.29 is 14.7 Å². The second-order valence-corrected chi connectivity index (χ2v) is 4.48. The van der Waals surface area contributed by atoms with E-state index < -0.39 is 11.9 Å². The van der Waals surface area contributed by atoms with Gasteiger partial charge in [0.2, 0.25) is 0 Å². The number of carbonyl (C=O) groups is 2. The van der Waals surface area contributed by atoms with E-state index in [0.717, 1.165) is 6.42 Å². The monoisotopic (exact) mass is 249 g/mol. The Morgan fingerprint density at radius 2 is 1.83 bits per heavy atom. The summed E-state index contributed by atoms with van der Waals surface area (Å²) in [6, 6.07) is 7.40. The number of carbonyl (C=O) groups excluding carboxylic acids is 1. The van der Waals surface area contributed by atoms with E-state index in [1.54, 1.807) is 26.1 Å². The summed E-state index contributed by atoms with van der Waals surface area (Å²) in [7, 11) is 1.62. The molecule has 0 aliphatic rings. The van der Waals surface area contributed by atoms with Gasteiger partial charge in [0, 0.05) is 19.2 Å². The normalized spacial score (nSPS) is 11.9. The standard InChI is InChI=1S/C14H19NO3/c1-4-11-5-7-12(8-6-11)13(16)15(3)9-10(2)14(17)18/h5-8,10H,4,9H2,1-3H3,(H,17,18). The van der Waals surface area contributed by atoms with E-state index in [4.69, 9.17) is 5.11 Å². The van der Waals surface area contributed by atoms with Crippen LogP contribution in [0.4, 0.5) is 0 Å². The number of aliphatic carboxylic acids is 1. The number of amides is 1. The fourth-order valence-electron chi connectivity index (χ4n) is 1.68. The third-order valence-electron chi connectivity index (χ3n) is 2.93. The molecule has 1 aromatic carbocycles. The first-order chi connectivity index (χ1) is 8.45. The van der Waals surface area contributed by atoms with Gasteiger partial charge in [-0.2, -0.15) is 0 Å². The summed E-state index contributed by atoms with van der Waals surface area (Å²) in [6.45, 7) is 3.85. The van der Waals surface area contributed by atoms with Crippen LogP contribution >= 0.6 is 0 Å². The predicted octanol–water partition coefficient (Wildman–Crippen LogP) is 2.04. The molecule has 0 radical (unpaired) electrons. The number of hydrogen-bond acceptors (Lipinski definition) is 2. The van der Waals surface area contributed by atoms with Crippen LogP contribution in [0.1, 0.15) is 29.8 Å². The molecule has 1 aromatic rings. The van der Waals surface area contributed by atoms with E-state index in [0.29, 0.717) is 5.56 Å². The number of carboxylic acids is 1. The van der Waals surface area contributed by atoms with Crippen molar-refractivity contribution >= 4 is 11.9 Å². The van der Waals surface area contributed by atoms with Crippen molar-refractivity contribution in [2.24, 2.45) is 5.92 Å². The highest BCUT2D eigenvalue weighted by molar-refractivity contribution is 5.94. The van der Waals surface area contributed by atoms with E-state index >= 15 is 0 Å². The molecular weight excluding hydrogens is 230 g/mol. The molecule has 1 atom stereocenters. The van der Waals surface area contributed by atoms with Crippen molar-refractivity contribution in [2.45, 2.75) is 20.3 Å². The fraction of sp³-hybridized carbons (Fsp3) is 0.429. The molecule has 0 fully saturated rings. The first-order valence-corrected chi connectivity index (χ1v) is 6.03. The van der Waals surface area contributed by atoms with Crippen LogP contribution in [-0.2, 0) is 11.2 Å². The second-order valence-electron chi connectivity index (χ2n) is 4.48. The van der Waals surface area contributed by atoms with Crippen LogP contribution in [0.25, 0.3) is 0 Å². The molecule has 4 nitrogen and oxygen atoms in total. The lowest BCUT2D eigenvalue weighted by atomic mass is 10.1. The zero-order valence-electron chi connectivity index (χ0n) is 11.0. The first kappa shape index (κ1) is 14.2. The third-order valence-corrected chi connectivity index (χ3v) is 2.93. The third kappa shape index (κ3) is 3.58. The predicted molar refractivity (Wildman–Crippen MR) is 69.6 cm³/mol. The highest BCUT2D eigenvalue weighted by Gasteiger charge is 2.18. The van der Waals surface area contributed by atoms with Gasteiger partial charge >= 0.3 is 5.97 Å². The minimum Gasteiger partial charge on any atom is -0.481 e. The van der Waals surface area contributed by atoms with Gasteiger partial charge in [0.15, 0.2) is 0 Å². The molecule has 0 saturated carbocycles. The van der Waals surface area contributed by atoms with Gasteiger partial charge in [0.1, 0.15) is 0 Å². The molecule has 0 aliphatic heterocycles. The molecule has 0 bridgehead atoms. The highest BCUT2D eigenvalue weighted by Crippen LogP contribution is 2.09. The smallest absolute Gasteiger partial charge is 0.308 e. The number of rotatable bonds is 5. The van der Waals surface area contributed by atoms with Gasteiger partial charge in [-0.1, -0.05) is 26.0 Å². The second kappa shape index (κ2) is 6.19. The summed E-state index contributed by atoms with van der Waals surface area (Å²) in [5, 5.41) is 8.81. The van der Waals surface area contributed by atoms with Gasteiger partial charge in [-0.15, -0.1) is 0 Å². The lowest BCUT2D eigenvalue weighted by Gasteiger charge is -2.19. The Hall–Kier alpha value is -1.84. The zero-order chi connectivity index (χ0) is 13.7. The van der Waals surface area contributed by atoms with Gasteiger partial charge in [-0.25, -0.2) is 0 Å². The summed E-state index contributed by atoms with van der Waals surface area (Å²) in [6.07, 6.45) is 0.931. The van der Waals surface area contributed by atoms with Crippen LogP contribution in [0.5, 0.6) is 0 Å². The Balaban J connectivity index is 2.70. The molecular formula is C14H19NO3. The maximum Gasteiger partial charge on any atom is 0.308 e. The molecule has 1 amide bonds. The van der Waals surface area contributed by atoms with E-state index in [1.165, 1.54) is 10.5 Å². The quantitative estimate of drug-likeness (QED) is 0.868. The van der Waals surface area contributed by atoms with Crippen molar-refractivity contribution in [1.82, 2.24) is 4.90 Å². The van der Waals surface area contributed by atoms with Crippen molar-refractivity contribution in [1.29, 1.82) is 0 Å². The average Bonchev–Trinajstić information content (AvgIpc) is 2.37. The van der Waals surface area contributed by atoms with Gasteiger partial charge < -0.3 is 10.0 Å². The number of benzene rings is 1. The maximum absolute atomic E-state index is 12.0. The van der Waals surface area contributed by atoms with Gasteiger partial charge in [-0.05, 0) is 24.1 Å². The fourth-order valence-corrected chi connectivity index (χ4v) is 1.68. The lowest BCUT2D eigenvalue weighted by molar-refractivity contribution is -0.141. The van der Waals surface area contributed by atoms with Crippen LogP contribution in [0, 0.1) is 5.92 Å². The molecule has 1 rings (SSSR count). The van der Waals surface area contributed by atoms with Crippen molar-refractivity contribution in [3.8, 4) is 0 Å². The number of hydrogen-bond donors (Lipinski definition) is 1. The Bertz CT molecular complexity index is 425. The van der Waals surface area contributed by atoms with Crippen LogP contribution in [0.2, 0.25) is 0 Å². The van der Waals surface area contributed by atoms with Crippen molar-refractivity contribution in [3.05, 3.63) is 35.4 Å². The molecule has 0 aliphatic carbocycles. The van der Waals surface area contributed by atoms with E-state index in [-0.39, 0.29) is 12.5 Å². The molecule has 1 N–H and O–H groups in total. The summed E-state index contributed by atoms with van der Waals surface area (Å²) in [5.41, 5.74) is 1.76. The van der Waals surface area contributed by atoms with E-state index in [1.807, 2.05) is 12.1 Å². The molecule has 0 aromatic heterocycles. The first-order valence-electron chi connectivity index (χ1n) is 6.03. The maximum atomic E-state index is 12.0. The number of carboxylic acid groups (broad SMARTS) is 1. The molecule has 0 heterocycles. The Labute approximate surface area is 107 Å². The van der Waals surface area contributed by atoms with Crippen LogP contribution in [0.3, 0.4) is 0 Å². The van der Waals surface area contributed by atoms with Gasteiger partial charge in [-0.3, -0.25) is 9.59 Å². The summed E-state index contributed by atoms with van der Waals surface area (Å²) in [4.78, 5) is 24.2. The van der Waals surface area contributed by atoms with Gasteiger partial charge in [0.25, 0.3) is 5.91 Å². The Morgan fingerprint density at radius 3 is 2.28 bits per heavy atom. The lowest BCUT2D eigenvalue weighted by Crippen LogP contribution is -2.33. The zero-order valence-corrected chi connectivity index (χ0v) is 11.0. The highest BCUT2D eigenvalue weighted by atomic mass is 16.4. The Kier molecular flexibility index (Phi) is 4.89. The summed E-state index contributed by atoms with van der Waals surface area (Å²) >= 11 is 0. The molecule has 4 heteroatoms. The molecule has 0 spiro atoms. The molecule has 1 unspecified atom stereocenters. The number of nitrogens with zero attached hydrogens (tertiary/aromatic N) is 1. The Morgan fingerprint density at radius 1 is 1.28 bits per heavy atom. The molecule has 18 heavy (non-hydrogen) atoms.